The van der Waals surface area contributed by atoms with Gasteiger partial charge < -0.3 is 30.5 Å². The van der Waals surface area contributed by atoms with Crippen molar-refractivity contribution in [1.82, 2.24) is 25.4 Å². The monoisotopic (exact) mass is 705 g/mol. The van der Waals surface area contributed by atoms with Gasteiger partial charge in [-0.1, -0.05) is 28.3 Å². The molecule has 2 atom stereocenters. The number of carboxylic acid groups (broad SMARTS) is 1. The van der Waals surface area contributed by atoms with Crippen molar-refractivity contribution in [2.24, 2.45) is 5.16 Å². The van der Waals surface area contributed by atoms with Crippen LogP contribution in [0.1, 0.15) is 19.5 Å². The number of carbonyl (C=O) groups is 5. The number of carbonyl (C=O) groups excluding carboxylic acids is 4. The fraction of sp³-hybridized carbons (Fsp3) is 0.269. The van der Waals surface area contributed by atoms with Crippen LogP contribution in [0.4, 0.5) is 5.13 Å². The van der Waals surface area contributed by atoms with E-state index in [4.69, 9.17) is 20.0 Å². The molecule has 2 aromatic heterocycles. The molecule has 0 unspecified atom stereocenters. The van der Waals surface area contributed by atoms with Crippen molar-refractivity contribution in [2.45, 2.75) is 29.6 Å². The molecule has 0 saturated carbocycles. The van der Waals surface area contributed by atoms with Crippen LogP contribution < -0.4 is 20.5 Å². The van der Waals surface area contributed by atoms with Crippen LogP contribution in [0.2, 0.25) is 0 Å². The lowest BCUT2D eigenvalue weighted by Gasteiger charge is -2.49. The Balaban J connectivity index is 1.28. The number of rotatable bonds is 11. The van der Waals surface area contributed by atoms with Gasteiger partial charge in [-0.15, -0.1) is 33.3 Å². The topological polar surface area (TPSA) is 226 Å². The normalized spacial score (nSPS) is 17.6. The summed E-state index contributed by atoms with van der Waals surface area (Å²) in [6.45, 7) is 2.44. The van der Waals surface area contributed by atoms with Gasteiger partial charge in [0, 0.05) is 36.3 Å². The second-order valence-electron chi connectivity index (χ2n) is 9.32. The van der Waals surface area contributed by atoms with Crippen LogP contribution in [0, 0.1) is 0 Å². The van der Waals surface area contributed by atoms with Crippen molar-refractivity contribution >= 4 is 86.8 Å². The van der Waals surface area contributed by atoms with Crippen molar-refractivity contribution in [2.75, 3.05) is 24.3 Å². The van der Waals surface area contributed by atoms with E-state index in [1.807, 2.05) is 0 Å². The summed E-state index contributed by atoms with van der Waals surface area (Å²) >= 11 is 4.87. The Bertz CT molecular complexity index is 1800. The number of nitrogens with two attached hydrogens (primary N) is 1. The van der Waals surface area contributed by atoms with E-state index in [1.54, 1.807) is 6.07 Å². The summed E-state index contributed by atoms with van der Waals surface area (Å²) in [4.78, 5) is 71.3. The number of thioether (sulfide) groups is 2. The summed E-state index contributed by atoms with van der Waals surface area (Å²) < 4.78 is 10.8. The molecule has 46 heavy (non-hydrogen) atoms. The predicted octanol–water partition coefficient (Wildman–Crippen LogP) is 1.98. The van der Waals surface area contributed by atoms with Crippen LogP contribution >= 0.6 is 46.2 Å². The van der Waals surface area contributed by atoms with Crippen molar-refractivity contribution in [1.29, 1.82) is 0 Å². The van der Waals surface area contributed by atoms with E-state index in [0.717, 1.165) is 16.2 Å². The number of hydrogen-bond acceptors (Lipinski definition) is 17. The number of esters is 2. The third-order valence-corrected chi connectivity index (χ3v) is 10.4. The van der Waals surface area contributed by atoms with Crippen molar-refractivity contribution in [3.05, 3.63) is 40.5 Å². The quantitative estimate of drug-likeness (QED) is 0.0647. The molecule has 4 heterocycles. The molecule has 16 nitrogen and oxygen atoms in total. The summed E-state index contributed by atoms with van der Waals surface area (Å²) in [7, 11) is 1.26. The lowest BCUT2D eigenvalue weighted by atomic mass is 10.0. The number of ether oxygens (including phenoxy) is 2. The van der Waals surface area contributed by atoms with Crippen LogP contribution in [0.5, 0.6) is 11.5 Å². The fourth-order valence-electron chi connectivity index (χ4n) is 4.34. The first-order chi connectivity index (χ1) is 22.0. The first-order valence-corrected chi connectivity index (χ1v) is 16.7. The number of thiazole rings is 1. The minimum atomic E-state index is -1.28. The zero-order valence-corrected chi connectivity index (χ0v) is 27.3. The number of carboxylic acids is 1. The van der Waals surface area contributed by atoms with Gasteiger partial charge in [-0.2, -0.15) is 0 Å². The number of fused-ring (bicyclic) bond motifs is 1. The summed E-state index contributed by atoms with van der Waals surface area (Å²) in [5, 5.41) is 26.3. The Labute approximate surface area is 276 Å². The van der Waals surface area contributed by atoms with Crippen LogP contribution in [0.3, 0.4) is 0 Å². The third-order valence-electron chi connectivity index (χ3n) is 6.17. The SMILES string of the molecule is CON=C(C(=O)N[C@@H]1C(=O)N2C(C(=O)O)=C(CSc3nnc(-c4ccc(OC(C)=O)c(OC(C)=O)c4)s3)CS[C@H]12)c1csc(N)n1. The summed E-state index contributed by atoms with van der Waals surface area (Å²) in [5.41, 5.74) is 6.56. The van der Waals surface area contributed by atoms with Crippen LogP contribution in [-0.4, -0.2) is 90.7 Å². The molecule has 5 rings (SSSR count). The minimum Gasteiger partial charge on any atom is -0.477 e. The van der Waals surface area contributed by atoms with Gasteiger partial charge in [0.05, 0.1) is 0 Å². The number of oxime groups is 1. The maximum absolute atomic E-state index is 13.1. The molecule has 2 amide bonds. The molecule has 20 heteroatoms. The van der Waals surface area contributed by atoms with Gasteiger partial charge in [0.15, 0.2) is 26.7 Å². The van der Waals surface area contributed by atoms with Gasteiger partial charge in [-0.3, -0.25) is 24.1 Å². The van der Waals surface area contributed by atoms with Gasteiger partial charge in [0.25, 0.3) is 11.8 Å². The highest BCUT2D eigenvalue weighted by atomic mass is 32.2. The second-order valence-corrected chi connectivity index (χ2v) is 13.5. The second kappa shape index (κ2) is 13.8. The lowest BCUT2D eigenvalue weighted by Crippen LogP contribution is -2.71. The number of β-lactam (4-membered cyclic amide) rings is 1. The third kappa shape index (κ3) is 6.98. The number of nitrogens with one attached hydrogen (secondary N) is 1. The predicted molar refractivity (Wildman–Crippen MR) is 168 cm³/mol. The average molecular weight is 706 g/mol. The molecular formula is C26H23N7O9S4. The standard InChI is InChI=1S/C26H23N7O9S4/c1-10(34)41-15-5-4-12(6-16(15)42-11(2)35)21-30-31-26(46-21)45-8-13-7-43-23-18(22(37)33(23)19(13)24(38)39)29-20(36)17(32-40-3)14-9-44-25(27)28-14/h4-6,9,18,23H,7-8H2,1-3H3,(H2,27,28)(H,29,36)(H,38,39)/t18-,23-/m1/s1. The molecule has 2 aliphatic heterocycles. The summed E-state index contributed by atoms with van der Waals surface area (Å²) in [6.07, 6.45) is 0. The molecule has 2 aliphatic rings. The highest BCUT2D eigenvalue weighted by Crippen LogP contribution is 2.42. The molecule has 4 N–H and O–H groups in total. The molecule has 1 fully saturated rings. The Morgan fingerprint density at radius 3 is 2.57 bits per heavy atom. The van der Waals surface area contributed by atoms with E-state index in [2.05, 4.69) is 25.7 Å². The maximum Gasteiger partial charge on any atom is 0.352 e. The van der Waals surface area contributed by atoms with Crippen molar-refractivity contribution in [3.8, 4) is 22.1 Å². The molecule has 0 bridgehead atoms. The summed E-state index contributed by atoms with van der Waals surface area (Å²) in [5.74, 6) is -3.16. The fourth-order valence-corrected chi connectivity index (χ4v) is 8.23. The van der Waals surface area contributed by atoms with Crippen LogP contribution in [0.25, 0.3) is 10.6 Å². The molecule has 0 aliphatic carbocycles. The van der Waals surface area contributed by atoms with Gasteiger partial charge in [0.1, 0.15) is 34.9 Å². The zero-order chi connectivity index (χ0) is 33.1. The molecule has 1 saturated heterocycles. The van der Waals surface area contributed by atoms with Gasteiger partial charge >= 0.3 is 17.9 Å². The van der Waals surface area contributed by atoms with E-state index in [9.17, 15) is 29.1 Å². The molecule has 0 spiro atoms. The highest BCUT2D eigenvalue weighted by Gasteiger charge is 2.54. The van der Waals surface area contributed by atoms with E-state index >= 15 is 0 Å². The molecular weight excluding hydrogens is 683 g/mol. The smallest absolute Gasteiger partial charge is 0.352 e. The first kappa shape index (κ1) is 32.9. The van der Waals surface area contributed by atoms with Crippen molar-refractivity contribution < 1.29 is 43.4 Å². The van der Waals surface area contributed by atoms with Crippen LogP contribution in [0.15, 0.2) is 44.3 Å². The van der Waals surface area contributed by atoms with E-state index < -0.39 is 41.1 Å². The molecule has 3 aromatic rings. The minimum absolute atomic E-state index is 0.0402. The van der Waals surface area contributed by atoms with Crippen LogP contribution in [-0.2, 0) is 28.8 Å². The first-order valence-electron chi connectivity index (χ1n) is 13.0. The van der Waals surface area contributed by atoms with E-state index in [-0.39, 0.29) is 45.2 Å². The van der Waals surface area contributed by atoms with Crippen molar-refractivity contribution in [3.63, 3.8) is 0 Å². The van der Waals surface area contributed by atoms with E-state index in [1.165, 1.54) is 73.3 Å². The number of benzene rings is 1. The number of hydrogen-bond donors (Lipinski definition) is 3. The highest BCUT2D eigenvalue weighted by molar-refractivity contribution is 8.01. The lowest BCUT2D eigenvalue weighted by molar-refractivity contribution is -0.150. The largest absolute Gasteiger partial charge is 0.477 e. The Morgan fingerprint density at radius 2 is 1.91 bits per heavy atom. The number of aromatic nitrogens is 3. The average Bonchev–Trinajstić information content (AvgIpc) is 3.66. The molecule has 0 radical (unpaired) electrons. The number of nitrogen functional groups attached to an aromatic ring is 1. The Kier molecular flexibility index (Phi) is 9.89. The number of aliphatic carboxylic acids is 1. The maximum atomic E-state index is 13.1. The Morgan fingerprint density at radius 1 is 1.17 bits per heavy atom. The number of anilines is 1. The Hall–Kier alpha value is -4.53. The van der Waals surface area contributed by atoms with Gasteiger partial charge in [0.2, 0.25) is 0 Å². The zero-order valence-electron chi connectivity index (χ0n) is 24.0. The molecule has 1 aromatic carbocycles. The molecule has 240 valence electrons. The van der Waals surface area contributed by atoms with Gasteiger partial charge in [-0.25, -0.2) is 9.78 Å². The van der Waals surface area contributed by atoms with E-state index in [0.29, 0.717) is 20.5 Å². The number of nitrogens with zero attached hydrogens (tertiary/aromatic N) is 5. The summed E-state index contributed by atoms with van der Waals surface area (Å²) in [6, 6.07) is 3.61. The van der Waals surface area contributed by atoms with Gasteiger partial charge in [-0.05, 0) is 23.8 Å². The number of amides is 2.